The summed E-state index contributed by atoms with van der Waals surface area (Å²) in [4.78, 5) is 17.7. The predicted molar refractivity (Wildman–Crippen MR) is 146 cm³/mol. The molecule has 9 heteroatoms. The van der Waals surface area contributed by atoms with Crippen molar-refractivity contribution in [2.24, 2.45) is 0 Å². The Morgan fingerprint density at radius 2 is 1.84 bits per heavy atom. The number of hydrogen-bond acceptors (Lipinski definition) is 6. The zero-order valence-corrected chi connectivity index (χ0v) is 20.7. The minimum Gasteiger partial charge on any atom is -0.487 e. The molecule has 2 N–H and O–H groups in total. The van der Waals surface area contributed by atoms with E-state index < -0.39 is 0 Å². The molecule has 0 saturated heterocycles. The zero-order valence-electron chi connectivity index (χ0n) is 19.9. The van der Waals surface area contributed by atoms with Gasteiger partial charge in [0.15, 0.2) is 16.6 Å². The molecule has 0 radical (unpaired) electrons. The van der Waals surface area contributed by atoms with Crippen LogP contribution in [0.5, 0.6) is 5.75 Å². The van der Waals surface area contributed by atoms with Gasteiger partial charge in [-0.2, -0.15) is 9.49 Å². The van der Waals surface area contributed by atoms with Crippen molar-refractivity contribution >= 4 is 33.4 Å². The largest absolute Gasteiger partial charge is 0.487 e. The monoisotopic (exact) mass is 518 g/mol. The van der Waals surface area contributed by atoms with Gasteiger partial charge in [-0.25, -0.2) is 9.97 Å². The normalized spacial score (nSPS) is 11.4. The summed E-state index contributed by atoms with van der Waals surface area (Å²) in [5, 5.41) is 8.30. The van der Waals surface area contributed by atoms with Crippen molar-refractivity contribution in [1.82, 2.24) is 30.1 Å². The first kappa shape index (κ1) is 22.3. The molecule has 7 nitrogen and oxygen atoms in total. The summed E-state index contributed by atoms with van der Waals surface area (Å²) in [5.74, 6) is 1.28. The lowest BCUT2D eigenvalue weighted by atomic mass is 10.0. The van der Waals surface area contributed by atoms with Crippen molar-refractivity contribution in [2.45, 2.75) is 6.61 Å². The molecule has 0 saturated carbocycles. The Morgan fingerprint density at radius 3 is 2.71 bits per heavy atom. The lowest BCUT2D eigenvalue weighted by molar-refractivity contribution is 0.305. The molecule has 0 aliphatic heterocycles. The maximum atomic E-state index is 13.7. The highest BCUT2D eigenvalue weighted by molar-refractivity contribution is 7.14. The van der Waals surface area contributed by atoms with E-state index in [1.165, 1.54) is 6.07 Å². The van der Waals surface area contributed by atoms with E-state index in [1.807, 2.05) is 60.8 Å². The van der Waals surface area contributed by atoms with E-state index in [2.05, 4.69) is 31.2 Å². The van der Waals surface area contributed by atoms with Gasteiger partial charge in [-0.1, -0.05) is 36.4 Å². The SMILES string of the molecule is Fc1ccc(-c2ccnc3nc(-c4n[nH]c5ccc(-c6cncc(OCc7ccccc7)c6)cc45)[nH]c23)s1. The van der Waals surface area contributed by atoms with Crippen LogP contribution in [-0.2, 0) is 6.61 Å². The van der Waals surface area contributed by atoms with Crippen LogP contribution in [0.2, 0.25) is 0 Å². The van der Waals surface area contributed by atoms with Gasteiger partial charge < -0.3 is 9.72 Å². The highest BCUT2D eigenvalue weighted by atomic mass is 32.1. The molecule has 5 aromatic heterocycles. The molecule has 0 bridgehead atoms. The van der Waals surface area contributed by atoms with Crippen LogP contribution in [0.25, 0.3) is 55.2 Å². The van der Waals surface area contributed by atoms with E-state index in [-0.39, 0.29) is 5.13 Å². The smallest absolute Gasteiger partial charge is 0.178 e. The molecule has 7 rings (SSSR count). The summed E-state index contributed by atoms with van der Waals surface area (Å²) in [6, 6.07) is 23.1. The van der Waals surface area contributed by atoms with Crippen LogP contribution in [0, 0.1) is 5.13 Å². The van der Waals surface area contributed by atoms with Crippen molar-refractivity contribution in [1.29, 1.82) is 0 Å². The van der Waals surface area contributed by atoms with Gasteiger partial charge in [-0.15, -0.1) is 11.3 Å². The predicted octanol–water partition coefficient (Wildman–Crippen LogP) is 7.01. The van der Waals surface area contributed by atoms with Crippen molar-refractivity contribution < 1.29 is 9.13 Å². The number of benzene rings is 2. The zero-order chi connectivity index (χ0) is 25.5. The fourth-order valence-electron chi connectivity index (χ4n) is 4.46. The van der Waals surface area contributed by atoms with E-state index >= 15 is 0 Å². The number of halogens is 1. The summed E-state index contributed by atoms with van der Waals surface area (Å²) < 4.78 is 19.7. The van der Waals surface area contributed by atoms with Crippen LogP contribution >= 0.6 is 11.3 Å². The molecular weight excluding hydrogens is 499 g/mol. The van der Waals surface area contributed by atoms with E-state index in [1.54, 1.807) is 18.5 Å². The molecule has 5 heterocycles. The van der Waals surface area contributed by atoms with Crippen molar-refractivity contribution in [3.8, 4) is 38.8 Å². The minimum absolute atomic E-state index is 0.237. The lowest BCUT2D eigenvalue weighted by Crippen LogP contribution is -1.95. The van der Waals surface area contributed by atoms with Gasteiger partial charge in [0, 0.05) is 33.8 Å². The quantitative estimate of drug-likeness (QED) is 0.247. The molecule has 0 spiro atoms. The molecule has 0 unspecified atom stereocenters. The van der Waals surface area contributed by atoms with Crippen LogP contribution in [0.15, 0.2) is 91.4 Å². The Labute approximate surface area is 220 Å². The number of H-pyrrole nitrogens is 2. The van der Waals surface area contributed by atoms with Gasteiger partial charge in [0.05, 0.1) is 17.2 Å². The molecule has 0 amide bonds. The van der Waals surface area contributed by atoms with Gasteiger partial charge in [-0.3, -0.25) is 10.1 Å². The highest BCUT2D eigenvalue weighted by Gasteiger charge is 2.17. The molecular formula is C29H19FN6OS. The lowest BCUT2D eigenvalue weighted by Gasteiger charge is -2.08. The first-order valence-corrected chi connectivity index (χ1v) is 12.7. The van der Waals surface area contributed by atoms with E-state index in [0.29, 0.717) is 29.5 Å². The summed E-state index contributed by atoms with van der Waals surface area (Å²) in [6.07, 6.45) is 5.21. The first-order chi connectivity index (χ1) is 18.7. The van der Waals surface area contributed by atoms with Gasteiger partial charge in [0.2, 0.25) is 0 Å². The number of pyridine rings is 2. The number of imidazole rings is 1. The second-order valence-corrected chi connectivity index (χ2v) is 9.80. The number of hydrogen-bond donors (Lipinski definition) is 2. The Morgan fingerprint density at radius 1 is 0.921 bits per heavy atom. The fourth-order valence-corrected chi connectivity index (χ4v) is 5.22. The first-order valence-electron chi connectivity index (χ1n) is 11.9. The molecule has 7 aromatic rings. The van der Waals surface area contributed by atoms with E-state index in [4.69, 9.17) is 9.72 Å². The Bertz CT molecular complexity index is 1910. The third-order valence-corrected chi connectivity index (χ3v) is 7.22. The minimum atomic E-state index is -0.237. The third kappa shape index (κ3) is 4.08. The number of fused-ring (bicyclic) bond motifs is 2. The Kier molecular flexibility index (Phi) is 5.41. The number of ether oxygens (including phenoxy) is 1. The maximum absolute atomic E-state index is 13.7. The van der Waals surface area contributed by atoms with Gasteiger partial charge in [0.25, 0.3) is 0 Å². The van der Waals surface area contributed by atoms with Crippen LogP contribution in [0.1, 0.15) is 5.56 Å². The molecule has 38 heavy (non-hydrogen) atoms. The number of thiophene rings is 1. The number of aromatic nitrogens is 6. The van der Waals surface area contributed by atoms with Crippen LogP contribution < -0.4 is 4.74 Å². The number of rotatable bonds is 6. The highest BCUT2D eigenvalue weighted by Crippen LogP contribution is 2.35. The topological polar surface area (TPSA) is 92.4 Å². The average Bonchev–Trinajstić information content (AvgIpc) is 3.70. The van der Waals surface area contributed by atoms with Crippen LogP contribution in [-0.4, -0.2) is 30.1 Å². The van der Waals surface area contributed by atoms with Gasteiger partial charge in [0.1, 0.15) is 18.1 Å². The van der Waals surface area contributed by atoms with Crippen molar-refractivity contribution in [2.75, 3.05) is 0 Å². The molecule has 184 valence electrons. The van der Waals surface area contributed by atoms with E-state index in [9.17, 15) is 4.39 Å². The van der Waals surface area contributed by atoms with Crippen molar-refractivity contribution in [3.63, 3.8) is 0 Å². The maximum Gasteiger partial charge on any atom is 0.178 e. The van der Waals surface area contributed by atoms with Gasteiger partial charge in [-0.05, 0) is 47.5 Å². The third-order valence-electron chi connectivity index (χ3n) is 6.31. The standard InChI is InChI=1S/C29H19FN6OS/c30-25-9-8-24(38-25)21-10-11-32-28-26(21)33-29(34-28)27-22-13-18(6-7-23(22)35-36-27)19-12-20(15-31-14-19)37-16-17-4-2-1-3-5-17/h1-15H,16H2,(H,35,36)(H,32,33,34). The number of aromatic amines is 2. The summed E-state index contributed by atoms with van der Waals surface area (Å²) >= 11 is 1.09. The van der Waals surface area contributed by atoms with Crippen molar-refractivity contribution in [3.05, 3.63) is 102 Å². The second kappa shape index (κ2) is 9.20. The van der Waals surface area contributed by atoms with Crippen LogP contribution in [0.4, 0.5) is 4.39 Å². The molecule has 0 aliphatic carbocycles. The summed E-state index contributed by atoms with van der Waals surface area (Å²) in [7, 11) is 0. The van der Waals surface area contributed by atoms with Gasteiger partial charge >= 0.3 is 0 Å². The fraction of sp³-hybridized carbons (Fsp3) is 0.0345. The number of nitrogens with one attached hydrogen (secondary N) is 2. The summed E-state index contributed by atoms with van der Waals surface area (Å²) in [5.41, 5.74) is 6.68. The number of nitrogens with zero attached hydrogens (tertiary/aromatic N) is 4. The van der Waals surface area contributed by atoms with Crippen LogP contribution in [0.3, 0.4) is 0 Å². The Hall–Kier alpha value is -4.89. The second-order valence-electron chi connectivity index (χ2n) is 8.76. The Balaban J connectivity index is 1.24. The molecule has 0 fully saturated rings. The average molecular weight is 519 g/mol. The molecule has 2 aromatic carbocycles. The van der Waals surface area contributed by atoms with E-state index in [0.717, 1.165) is 54.9 Å². The molecule has 0 atom stereocenters. The summed E-state index contributed by atoms with van der Waals surface area (Å²) in [6.45, 7) is 0.469. The molecule has 0 aliphatic rings.